The number of amides is 1. The van der Waals surface area contributed by atoms with E-state index in [1.54, 1.807) is 0 Å². The van der Waals surface area contributed by atoms with E-state index in [1.165, 1.54) is 12.1 Å². The smallest absolute Gasteiger partial charge is 0.356 e. The highest BCUT2D eigenvalue weighted by atomic mass is 19.4. The second-order valence-electron chi connectivity index (χ2n) is 5.79. The van der Waals surface area contributed by atoms with Crippen molar-refractivity contribution in [1.29, 1.82) is 0 Å². The van der Waals surface area contributed by atoms with Gasteiger partial charge in [0.1, 0.15) is 0 Å². The number of hydrogen-bond donors (Lipinski definition) is 1. The van der Waals surface area contributed by atoms with Crippen molar-refractivity contribution in [2.24, 2.45) is 5.92 Å². The van der Waals surface area contributed by atoms with Crippen molar-refractivity contribution in [2.75, 3.05) is 6.54 Å². The van der Waals surface area contributed by atoms with Crippen LogP contribution in [0.5, 0.6) is 0 Å². The summed E-state index contributed by atoms with van der Waals surface area (Å²) in [6.45, 7) is 4.55. The lowest BCUT2D eigenvalue weighted by Gasteiger charge is -2.06. The summed E-state index contributed by atoms with van der Waals surface area (Å²) in [6.07, 6.45) is -4.02. The van der Waals surface area contributed by atoms with Gasteiger partial charge >= 0.3 is 6.18 Å². The minimum absolute atomic E-state index is 0.0682. The van der Waals surface area contributed by atoms with E-state index in [9.17, 15) is 18.0 Å². The molecule has 5 nitrogen and oxygen atoms in total. The molecule has 1 aromatic heterocycles. The molecule has 0 bridgehead atoms. The van der Waals surface area contributed by atoms with Crippen molar-refractivity contribution in [3.8, 4) is 11.4 Å². The monoisotopic (exact) mass is 341 g/mol. The number of carbonyl (C=O) groups excluding carboxylic acids is 1. The summed E-state index contributed by atoms with van der Waals surface area (Å²) in [6, 6.07) is 4.69. The number of aryl methyl sites for hydroxylation is 1. The Morgan fingerprint density at radius 3 is 2.75 bits per heavy atom. The zero-order valence-electron chi connectivity index (χ0n) is 13.4. The molecule has 1 aromatic carbocycles. The Kier molecular flexibility index (Phi) is 5.58. The Labute approximate surface area is 137 Å². The van der Waals surface area contributed by atoms with Gasteiger partial charge in [0.25, 0.3) is 0 Å². The van der Waals surface area contributed by atoms with E-state index in [0.29, 0.717) is 12.5 Å². The Bertz CT molecular complexity index is 696. The standard InChI is InChI=1S/C16H18F3N3O2/c1-10(2)9-20-13(23)6-7-14-21-15(22-24-14)11-4-3-5-12(8-11)16(17,18)19/h3-5,8,10H,6-7,9H2,1-2H3,(H,20,23). The summed E-state index contributed by atoms with van der Waals surface area (Å²) >= 11 is 0. The molecule has 8 heteroatoms. The number of hydrogen-bond acceptors (Lipinski definition) is 4. The van der Waals surface area contributed by atoms with Crippen LogP contribution in [0.15, 0.2) is 28.8 Å². The molecule has 1 heterocycles. The zero-order valence-corrected chi connectivity index (χ0v) is 13.4. The third kappa shape index (κ3) is 5.07. The first-order valence-corrected chi connectivity index (χ1v) is 7.52. The third-order valence-corrected chi connectivity index (χ3v) is 3.19. The van der Waals surface area contributed by atoms with Gasteiger partial charge in [-0.05, 0) is 18.1 Å². The molecule has 0 aliphatic carbocycles. The molecular weight excluding hydrogens is 323 g/mol. The molecule has 0 fully saturated rings. The number of nitrogens with one attached hydrogen (secondary N) is 1. The second-order valence-corrected chi connectivity index (χ2v) is 5.79. The fraction of sp³-hybridized carbons (Fsp3) is 0.438. The van der Waals surface area contributed by atoms with Gasteiger partial charge in [-0.3, -0.25) is 4.79 Å². The number of alkyl halides is 3. The number of benzene rings is 1. The number of aromatic nitrogens is 2. The Morgan fingerprint density at radius 2 is 2.08 bits per heavy atom. The molecule has 1 N–H and O–H groups in total. The van der Waals surface area contributed by atoms with Crippen LogP contribution in [-0.2, 0) is 17.4 Å². The minimum Gasteiger partial charge on any atom is -0.356 e. The topological polar surface area (TPSA) is 68.0 Å². The van der Waals surface area contributed by atoms with E-state index in [0.717, 1.165) is 12.1 Å². The Hall–Kier alpha value is -2.38. The van der Waals surface area contributed by atoms with Gasteiger partial charge in [0.2, 0.25) is 17.6 Å². The van der Waals surface area contributed by atoms with Crippen LogP contribution in [0.2, 0.25) is 0 Å². The van der Waals surface area contributed by atoms with Crippen LogP contribution in [0.1, 0.15) is 31.7 Å². The second kappa shape index (κ2) is 7.46. The first-order valence-electron chi connectivity index (χ1n) is 7.52. The molecule has 0 saturated heterocycles. The lowest BCUT2D eigenvalue weighted by molar-refractivity contribution is -0.137. The van der Waals surface area contributed by atoms with Crippen LogP contribution in [0.4, 0.5) is 13.2 Å². The molecular formula is C16H18F3N3O2. The van der Waals surface area contributed by atoms with E-state index in [-0.39, 0.29) is 36.0 Å². The lowest BCUT2D eigenvalue weighted by Crippen LogP contribution is -2.27. The highest BCUT2D eigenvalue weighted by Gasteiger charge is 2.30. The number of nitrogens with zero attached hydrogens (tertiary/aromatic N) is 2. The first-order chi connectivity index (χ1) is 11.3. The maximum Gasteiger partial charge on any atom is 0.416 e. The van der Waals surface area contributed by atoms with Crippen molar-refractivity contribution in [3.63, 3.8) is 0 Å². The Morgan fingerprint density at radius 1 is 1.33 bits per heavy atom. The van der Waals surface area contributed by atoms with Gasteiger partial charge < -0.3 is 9.84 Å². The van der Waals surface area contributed by atoms with Crippen molar-refractivity contribution in [1.82, 2.24) is 15.5 Å². The number of carbonyl (C=O) groups is 1. The van der Waals surface area contributed by atoms with Gasteiger partial charge in [0.15, 0.2) is 0 Å². The SMILES string of the molecule is CC(C)CNC(=O)CCc1nc(-c2cccc(C(F)(F)F)c2)no1. The van der Waals surface area contributed by atoms with Crippen molar-refractivity contribution in [3.05, 3.63) is 35.7 Å². The minimum atomic E-state index is -4.43. The summed E-state index contributed by atoms with van der Waals surface area (Å²) in [5.41, 5.74) is -0.566. The molecule has 0 spiro atoms. The average molecular weight is 341 g/mol. The lowest BCUT2D eigenvalue weighted by atomic mass is 10.1. The summed E-state index contributed by atoms with van der Waals surface area (Å²) in [7, 11) is 0. The fourth-order valence-corrected chi connectivity index (χ4v) is 1.94. The highest BCUT2D eigenvalue weighted by Crippen LogP contribution is 2.31. The van der Waals surface area contributed by atoms with Crippen LogP contribution >= 0.6 is 0 Å². The van der Waals surface area contributed by atoms with E-state index >= 15 is 0 Å². The van der Waals surface area contributed by atoms with Gasteiger partial charge in [-0.25, -0.2) is 0 Å². The van der Waals surface area contributed by atoms with Crippen LogP contribution in [-0.4, -0.2) is 22.6 Å². The van der Waals surface area contributed by atoms with Gasteiger partial charge in [0, 0.05) is 24.9 Å². The molecule has 0 aliphatic rings. The molecule has 0 unspecified atom stereocenters. The largest absolute Gasteiger partial charge is 0.416 e. The average Bonchev–Trinajstić information content (AvgIpc) is 2.99. The number of rotatable bonds is 6. The van der Waals surface area contributed by atoms with Crippen LogP contribution in [0.25, 0.3) is 11.4 Å². The van der Waals surface area contributed by atoms with E-state index in [4.69, 9.17) is 4.52 Å². The maximum absolute atomic E-state index is 12.7. The highest BCUT2D eigenvalue weighted by molar-refractivity contribution is 5.76. The molecule has 0 atom stereocenters. The summed E-state index contributed by atoms with van der Waals surface area (Å²) in [4.78, 5) is 15.7. The van der Waals surface area contributed by atoms with Crippen LogP contribution in [0, 0.1) is 5.92 Å². The maximum atomic E-state index is 12.7. The van der Waals surface area contributed by atoms with Gasteiger partial charge in [-0.1, -0.05) is 31.1 Å². The van der Waals surface area contributed by atoms with Crippen LogP contribution in [0.3, 0.4) is 0 Å². The van der Waals surface area contributed by atoms with Crippen LogP contribution < -0.4 is 5.32 Å². The predicted molar refractivity (Wildman–Crippen MR) is 80.9 cm³/mol. The third-order valence-electron chi connectivity index (χ3n) is 3.19. The van der Waals surface area contributed by atoms with E-state index in [1.807, 2.05) is 13.8 Å². The molecule has 130 valence electrons. The zero-order chi connectivity index (χ0) is 17.7. The Balaban J connectivity index is 1.99. The molecule has 0 radical (unpaired) electrons. The van der Waals surface area contributed by atoms with Crippen molar-refractivity contribution in [2.45, 2.75) is 32.9 Å². The van der Waals surface area contributed by atoms with E-state index in [2.05, 4.69) is 15.5 Å². The van der Waals surface area contributed by atoms with Crippen molar-refractivity contribution < 1.29 is 22.5 Å². The molecule has 0 aliphatic heterocycles. The molecule has 24 heavy (non-hydrogen) atoms. The molecule has 2 rings (SSSR count). The normalized spacial score (nSPS) is 11.8. The molecule has 1 amide bonds. The summed E-state index contributed by atoms with van der Waals surface area (Å²) in [5, 5.41) is 6.44. The van der Waals surface area contributed by atoms with Gasteiger partial charge in [0.05, 0.1) is 5.56 Å². The fourth-order valence-electron chi connectivity index (χ4n) is 1.94. The van der Waals surface area contributed by atoms with Crippen molar-refractivity contribution >= 4 is 5.91 Å². The number of halogens is 3. The summed E-state index contributed by atoms with van der Waals surface area (Å²) < 4.78 is 43.2. The predicted octanol–water partition coefficient (Wildman–Crippen LogP) is 3.46. The van der Waals surface area contributed by atoms with E-state index < -0.39 is 11.7 Å². The molecule has 2 aromatic rings. The van der Waals surface area contributed by atoms with Gasteiger partial charge in [-0.2, -0.15) is 18.2 Å². The molecule has 0 saturated carbocycles. The van der Waals surface area contributed by atoms with Gasteiger partial charge in [-0.15, -0.1) is 0 Å². The quantitative estimate of drug-likeness (QED) is 0.874. The summed E-state index contributed by atoms with van der Waals surface area (Å²) in [5.74, 6) is 0.494. The first kappa shape index (κ1) is 18.0.